The first-order chi connectivity index (χ1) is 9.58. The fraction of sp³-hybridized carbons (Fsp3) is 0.188. The zero-order valence-corrected chi connectivity index (χ0v) is 12.9. The van der Waals surface area contributed by atoms with Crippen molar-refractivity contribution in [1.82, 2.24) is 9.55 Å². The van der Waals surface area contributed by atoms with Crippen molar-refractivity contribution in [2.45, 2.75) is 19.9 Å². The van der Waals surface area contributed by atoms with Crippen LogP contribution in [-0.4, -0.2) is 9.55 Å². The van der Waals surface area contributed by atoms with Gasteiger partial charge in [-0.25, -0.2) is 0 Å². The number of hydrogen-bond donors (Lipinski definition) is 1. The summed E-state index contributed by atoms with van der Waals surface area (Å²) in [6.45, 7) is 4.19. The molecular weight excluding hydrogens is 288 g/mol. The van der Waals surface area contributed by atoms with Gasteiger partial charge in [0.05, 0.1) is 17.1 Å². The average Bonchev–Trinajstić information content (AvgIpc) is 2.73. The second-order valence-electron chi connectivity index (χ2n) is 5.02. The fourth-order valence-corrected chi connectivity index (χ4v) is 3.24. The monoisotopic (exact) mass is 302 g/mol. The summed E-state index contributed by atoms with van der Waals surface area (Å²) in [6.07, 6.45) is 0. The summed E-state index contributed by atoms with van der Waals surface area (Å²) in [5, 5.41) is 0.767. The van der Waals surface area contributed by atoms with Crippen molar-refractivity contribution in [1.29, 1.82) is 0 Å². The fourth-order valence-electron chi connectivity index (χ4n) is 2.58. The first-order valence-electron chi connectivity index (χ1n) is 6.53. The Morgan fingerprint density at radius 1 is 1.20 bits per heavy atom. The van der Waals surface area contributed by atoms with Gasteiger partial charge in [-0.3, -0.25) is 0 Å². The number of nitrogens with zero attached hydrogens (tertiary/aromatic N) is 1. The van der Waals surface area contributed by atoms with Gasteiger partial charge in [0.1, 0.15) is 0 Å². The molecule has 1 heterocycles. The van der Waals surface area contributed by atoms with E-state index in [2.05, 4.69) is 41.6 Å². The van der Waals surface area contributed by atoms with Crippen LogP contribution in [0.15, 0.2) is 42.5 Å². The third-order valence-corrected chi connectivity index (χ3v) is 4.26. The predicted octanol–water partition coefficient (Wildman–Crippen LogP) is 5.27. The lowest BCUT2D eigenvalue weighted by Crippen LogP contribution is -2.07. The van der Waals surface area contributed by atoms with Crippen LogP contribution in [0.2, 0.25) is 5.02 Å². The lowest BCUT2D eigenvalue weighted by molar-refractivity contribution is 0.649. The van der Waals surface area contributed by atoms with Crippen molar-refractivity contribution in [3.63, 3.8) is 0 Å². The van der Waals surface area contributed by atoms with Gasteiger partial charge in [-0.1, -0.05) is 35.9 Å². The largest absolute Gasteiger partial charge is 0.331 e. The van der Waals surface area contributed by atoms with Gasteiger partial charge in [-0.05, 0) is 55.4 Å². The number of aromatic nitrogens is 2. The number of nitrogens with one attached hydrogen (secondary N) is 1. The molecule has 0 saturated heterocycles. The second kappa shape index (κ2) is 5.08. The van der Waals surface area contributed by atoms with E-state index in [0.29, 0.717) is 0 Å². The zero-order chi connectivity index (χ0) is 14.3. The quantitative estimate of drug-likeness (QED) is 0.640. The minimum Gasteiger partial charge on any atom is -0.331 e. The van der Waals surface area contributed by atoms with Crippen molar-refractivity contribution < 1.29 is 0 Å². The molecule has 1 N–H and O–H groups in total. The van der Waals surface area contributed by atoms with Crippen molar-refractivity contribution >= 4 is 34.9 Å². The van der Waals surface area contributed by atoms with E-state index in [9.17, 15) is 0 Å². The highest BCUT2D eigenvalue weighted by atomic mass is 35.5. The van der Waals surface area contributed by atoms with Crippen LogP contribution >= 0.6 is 23.8 Å². The molecule has 3 rings (SSSR count). The number of rotatable bonds is 2. The summed E-state index contributed by atoms with van der Waals surface area (Å²) in [6, 6.07) is 14.3. The first kappa shape index (κ1) is 13.4. The van der Waals surface area contributed by atoms with Gasteiger partial charge < -0.3 is 9.55 Å². The van der Waals surface area contributed by atoms with Gasteiger partial charge in [0, 0.05) is 5.02 Å². The number of hydrogen-bond acceptors (Lipinski definition) is 1. The molecule has 0 aliphatic heterocycles. The standard InChI is InChI=1S/C16H15ClN2S/c1-10-7-8-15-14(9-10)18-16(20)19(15)11(2)12-5-3-4-6-13(12)17/h3-9,11H,1-2H3,(H,18,20). The van der Waals surface area contributed by atoms with E-state index in [4.69, 9.17) is 23.8 Å². The Morgan fingerprint density at radius 3 is 2.70 bits per heavy atom. The molecule has 4 heteroatoms. The molecule has 1 atom stereocenters. The number of aromatic amines is 1. The summed E-state index contributed by atoms with van der Waals surface area (Å²) in [5.41, 5.74) is 4.46. The Morgan fingerprint density at radius 2 is 1.95 bits per heavy atom. The van der Waals surface area contributed by atoms with E-state index >= 15 is 0 Å². The van der Waals surface area contributed by atoms with Crippen LogP contribution in [0.3, 0.4) is 0 Å². The van der Waals surface area contributed by atoms with E-state index in [1.54, 1.807) is 0 Å². The maximum atomic E-state index is 6.31. The molecule has 0 amide bonds. The van der Waals surface area contributed by atoms with Crippen LogP contribution in [0.4, 0.5) is 0 Å². The van der Waals surface area contributed by atoms with Crippen LogP contribution in [0.25, 0.3) is 11.0 Å². The van der Waals surface area contributed by atoms with Crippen LogP contribution in [0, 0.1) is 11.7 Å². The molecule has 3 aromatic rings. The molecule has 2 aromatic carbocycles. The van der Waals surface area contributed by atoms with E-state index in [1.165, 1.54) is 5.56 Å². The van der Waals surface area contributed by atoms with Crippen LogP contribution in [0.1, 0.15) is 24.1 Å². The molecule has 1 aromatic heterocycles. The number of fused-ring (bicyclic) bond motifs is 1. The Hall–Kier alpha value is -1.58. The van der Waals surface area contributed by atoms with Crippen molar-refractivity contribution in [2.24, 2.45) is 0 Å². The maximum Gasteiger partial charge on any atom is 0.178 e. The van der Waals surface area contributed by atoms with Gasteiger partial charge >= 0.3 is 0 Å². The highest BCUT2D eigenvalue weighted by molar-refractivity contribution is 7.71. The smallest absolute Gasteiger partial charge is 0.178 e. The Kier molecular flexibility index (Phi) is 3.40. The minimum atomic E-state index is 0.0904. The Balaban J connectivity index is 2.22. The summed E-state index contributed by atoms with van der Waals surface area (Å²) in [4.78, 5) is 3.27. The van der Waals surface area contributed by atoms with Crippen LogP contribution in [-0.2, 0) is 0 Å². The van der Waals surface area contributed by atoms with Gasteiger partial charge in [0.2, 0.25) is 0 Å². The van der Waals surface area contributed by atoms with E-state index in [0.717, 1.165) is 26.4 Å². The lowest BCUT2D eigenvalue weighted by Gasteiger charge is -2.16. The molecular formula is C16H15ClN2S. The number of H-pyrrole nitrogens is 1. The summed E-state index contributed by atoms with van der Waals surface area (Å²) in [7, 11) is 0. The van der Waals surface area contributed by atoms with Gasteiger partial charge in [0.25, 0.3) is 0 Å². The molecule has 0 fully saturated rings. The highest BCUT2D eigenvalue weighted by Gasteiger charge is 2.15. The van der Waals surface area contributed by atoms with E-state index in [-0.39, 0.29) is 6.04 Å². The Labute approximate surface area is 128 Å². The highest BCUT2D eigenvalue weighted by Crippen LogP contribution is 2.29. The van der Waals surface area contributed by atoms with Crippen molar-refractivity contribution in [2.75, 3.05) is 0 Å². The predicted molar refractivity (Wildman–Crippen MR) is 87.1 cm³/mol. The second-order valence-corrected chi connectivity index (χ2v) is 5.81. The molecule has 20 heavy (non-hydrogen) atoms. The van der Waals surface area contributed by atoms with Gasteiger partial charge in [0.15, 0.2) is 4.77 Å². The third kappa shape index (κ3) is 2.17. The van der Waals surface area contributed by atoms with E-state index < -0.39 is 0 Å². The number of halogens is 1. The normalized spacial score (nSPS) is 12.8. The Bertz CT molecular complexity index is 832. The van der Waals surface area contributed by atoms with Crippen molar-refractivity contribution in [3.05, 3.63) is 63.4 Å². The van der Waals surface area contributed by atoms with Gasteiger partial charge in [-0.2, -0.15) is 0 Å². The number of imidazole rings is 1. The molecule has 0 saturated carbocycles. The first-order valence-corrected chi connectivity index (χ1v) is 7.32. The molecule has 0 spiro atoms. The molecule has 0 aliphatic carbocycles. The summed E-state index contributed by atoms with van der Waals surface area (Å²) in [5.74, 6) is 0. The summed E-state index contributed by atoms with van der Waals surface area (Å²) < 4.78 is 2.84. The summed E-state index contributed by atoms with van der Waals surface area (Å²) >= 11 is 11.8. The van der Waals surface area contributed by atoms with Crippen molar-refractivity contribution in [3.8, 4) is 0 Å². The molecule has 0 radical (unpaired) electrons. The maximum absolute atomic E-state index is 6.31. The van der Waals surface area contributed by atoms with Gasteiger partial charge in [-0.15, -0.1) is 0 Å². The number of aryl methyl sites for hydroxylation is 1. The SMILES string of the molecule is Cc1ccc2c(c1)[nH]c(=S)n2C(C)c1ccccc1Cl. The molecule has 102 valence electrons. The average molecular weight is 303 g/mol. The lowest BCUT2D eigenvalue weighted by atomic mass is 10.1. The molecule has 2 nitrogen and oxygen atoms in total. The third-order valence-electron chi connectivity index (χ3n) is 3.61. The molecule has 0 bridgehead atoms. The zero-order valence-electron chi connectivity index (χ0n) is 11.4. The van der Waals surface area contributed by atoms with Crippen LogP contribution in [0.5, 0.6) is 0 Å². The van der Waals surface area contributed by atoms with Crippen LogP contribution < -0.4 is 0 Å². The number of benzene rings is 2. The molecule has 1 unspecified atom stereocenters. The van der Waals surface area contributed by atoms with E-state index in [1.807, 2.05) is 24.3 Å². The minimum absolute atomic E-state index is 0.0904. The topological polar surface area (TPSA) is 20.7 Å². The molecule has 0 aliphatic rings.